The van der Waals surface area contributed by atoms with E-state index in [4.69, 9.17) is 10.4 Å². The molecule has 0 fully saturated rings. The van der Waals surface area contributed by atoms with Crippen molar-refractivity contribution < 1.29 is 27.1 Å². The summed E-state index contributed by atoms with van der Waals surface area (Å²) >= 11 is 0. The molecule has 1 aromatic rings. The molecular weight excluding hydrogens is 235 g/mol. The SMILES string of the molecule is N#Cc1nc(C(F)(F)F)c(O)cc1C(F)F. The molecule has 1 rings (SSSR count). The number of halogens is 5. The van der Waals surface area contributed by atoms with E-state index in [9.17, 15) is 22.0 Å². The zero-order chi connectivity index (χ0) is 12.5. The molecule has 1 N–H and O–H groups in total. The quantitative estimate of drug-likeness (QED) is 0.765. The lowest BCUT2D eigenvalue weighted by Crippen LogP contribution is -2.11. The fourth-order valence-electron chi connectivity index (χ4n) is 0.982. The Balaban J connectivity index is 3.45. The highest BCUT2D eigenvalue weighted by Crippen LogP contribution is 2.36. The Labute approximate surface area is 85.8 Å². The monoisotopic (exact) mass is 238 g/mol. The van der Waals surface area contributed by atoms with Crippen LogP contribution in [-0.4, -0.2) is 10.1 Å². The number of aromatic nitrogens is 1. The van der Waals surface area contributed by atoms with Gasteiger partial charge in [-0.3, -0.25) is 0 Å². The van der Waals surface area contributed by atoms with E-state index >= 15 is 0 Å². The number of alkyl halides is 5. The van der Waals surface area contributed by atoms with Crippen LogP contribution >= 0.6 is 0 Å². The van der Waals surface area contributed by atoms with E-state index in [0.29, 0.717) is 0 Å². The summed E-state index contributed by atoms with van der Waals surface area (Å²) in [7, 11) is 0. The van der Waals surface area contributed by atoms with Crippen LogP contribution in [0.5, 0.6) is 5.75 Å². The third-order valence-corrected chi connectivity index (χ3v) is 1.64. The summed E-state index contributed by atoms with van der Waals surface area (Å²) in [5.74, 6) is -1.43. The topological polar surface area (TPSA) is 56.9 Å². The molecule has 8 heteroatoms. The molecule has 0 unspecified atom stereocenters. The average molecular weight is 238 g/mol. The van der Waals surface area contributed by atoms with Crippen LogP contribution in [0.2, 0.25) is 0 Å². The number of nitriles is 1. The molecule has 0 amide bonds. The van der Waals surface area contributed by atoms with E-state index in [0.717, 1.165) is 6.07 Å². The second-order valence-corrected chi connectivity index (χ2v) is 2.70. The normalized spacial score (nSPS) is 11.6. The van der Waals surface area contributed by atoms with Crippen molar-refractivity contribution in [2.45, 2.75) is 12.6 Å². The number of nitrogens with zero attached hydrogens (tertiary/aromatic N) is 2. The number of aromatic hydroxyl groups is 1. The van der Waals surface area contributed by atoms with Gasteiger partial charge in [-0.15, -0.1) is 0 Å². The lowest BCUT2D eigenvalue weighted by atomic mass is 10.1. The summed E-state index contributed by atoms with van der Waals surface area (Å²) in [4.78, 5) is 2.67. The molecule has 86 valence electrons. The minimum Gasteiger partial charge on any atom is -0.506 e. The van der Waals surface area contributed by atoms with Gasteiger partial charge >= 0.3 is 6.18 Å². The summed E-state index contributed by atoms with van der Waals surface area (Å²) < 4.78 is 61.0. The number of hydrogen-bond acceptors (Lipinski definition) is 3. The van der Waals surface area contributed by atoms with Crippen molar-refractivity contribution in [3.63, 3.8) is 0 Å². The lowest BCUT2D eigenvalue weighted by Gasteiger charge is -2.10. The smallest absolute Gasteiger partial charge is 0.437 e. The summed E-state index contributed by atoms with van der Waals surface area (Å²) in [5.41, 5.74) is -3.85. The predicted octanol–water partition coefficient (Wildman–Crippen LogP) is 2.62. The fourth-order valence-corrected chi connectivity index (χ4v) is 0.982. The van der Waals surface area contributed by atoms with E-state index in [1.165, 1.54) is 0 Å². The van der Waals surface area contributed by atoms with Gasteiger partial charge in [-0.2, -0.15) is 18.4 Å². The van der Waals surface area contributed by atoms with E-state index in [2.05, 4.69) is 4.98 Å². The van der Waals surface area contributed by atoms with Crippen LogP contribution in [0.4, 0.5) is 22.0 Å². The highest BCUT2D eigenvalue weighted by atomic mass is 19.4. The number of rotatable bonds is 1. The standard InChI is InChI=1S/C8H3F5N2O/c9-7(10)3-1-5(16)6(8(11,12)13)15-4(3)2-14/h1,7,16H. The summed E-state index contributed by atoms with van der Waals surface area (Å²) in [6, 6.07) is 1.31. The van der Waals surface area contributed by atoms with Crippen molar-refractivity contribution in [3.05, 3.63) is 23.0 Å². The Morgan fingerprint density at radius 3 is 2.31 bits per heavy atom. The van der Waals surface area contributed by atoms with Crippen LogP contribution in [0.3, 0.4) is 0 Å². The van der Waals surface area contributed by atoms with Gasteiger partial charge in [-0.25, -0.2) is 13.8 Å². The van der Waals surface area contributed by atoms with Gasteiger partial charge in [0.05, 0.1) is 5.56 Å². The molecule has 0 bridgehead atoms. The van der Waals surface area contributed by atoms with E-state index < -0.39 is 35.3 Å². The third-order valence-electron chi connectivity index (χ3n) is 1.64. The van der Waals surface area contributed by atoms with Gasteiger partial charge in [-0.1, -0.05) is 0 Å². The zero-order valence-electron chi connectivity index (χ0n) is 7.39. The highest BCUT2D eigenvalue weighted by Gasteiger charge is 2.37. The predicted molar refractivity (Wildman–Crippen MR) is 40.6 cm³/mol. The molecule has 16 heavy (non-hydrogen) atoms. The van der Waals surface area contributed by atoms with E-state index in [1.807, 2.05) is 0 Å². The maximum Gasteiger partial charge on any atom is 0.437 e. The van der Waals surface area contributed by atoms with Crippen LogP contribution < -0.4 is 0 Å². The molecule has 1 heterocycles. The first-order chi connectivity index (χ1) is 7.27. The maximum absolute atomic E-state index is 12.2. The molecule has 1 aromatic heterocycles. The molecule has 0 saturated heterocycles. The summed E-state index contributed by atoms with van der Waals surface area (Å²) in [6.45, 7) is 0. The fraction of sp³-hybridized carbons (Fsp3) is 0.250. The molecule has 0 spiro atoms. The van der Waals surface area contributed by atoms with Gasteiger partial charge in [-0.05, 0) is 6.07 Å². The third kappa shape index (κ3) is 2.18. The van der Waals surface area contributed by atoms with E-state index in [1.54, 1.807) is 0 Å². The lowest BCUT2D eigenvalue weighted by molar-refractivity contribution is -0.142. The molecule has 0 aromatic carbocycles. The van der Waals surface area contributed by atoms with Gasteiger partial charge in [0.1, 0.15) is 17.5 Å². The molecule has 0 aliphatic carbocycles. The Kier molecular flexibility index (Phi) is 2.98. The Bertz CT molecular complexity index is 449. The van der Waals surface area contributed by atoms with Crippen LogP contribution in [0.15, 0.2) is 6.07 Å². The van der Waals surface area contributed by atoms with Crippen LogP contribution in [-0.2, 0) is 6.18 Å². The van der Waals surface area contributed by atoms with Crippen LogP contribution in [0.25, 0.3) is 0 Å². The van der Waals surface area contributed by atoms with Crippen molar-refractivity contribution in [1.29, 1.82) is 5.26 Å². The molecule has 0 aliphatic rings. The van der Waals surface area contributed by atoms with Crippen LogP contribution in [0.1, 0.15) is 23.4 Å². The molecule has 0 radical (unpaired) electrons. The Hall–Kier alpha value is -1.91. The first-order valence-electron chi connectivity index (χ1n) is 3.76. The van der Waals surface area contributed by atoms with Gasteiger partial charge in [0.2, 0.25) is 0 Å². The Morgan fingerprint density at radius 1 is 1.38 bits per heavy atom. The van der Waals surface area contributed by atoms with Gasteiger partial charge < -0.3 is 5.11 Å². The number of pyridine rings is 1. The Morgan fingerprint density at radius 2 is 1.94 bits per heavy atom. The van der Waals surface area contributed by atoms with Crippen LogP contribution in [0, 0.1) is 11.3 Å². The van der Waals surface area contributed by atoms with Crippen molar-refractivity contribution in [2.75, 3.05) is 0 Å². The largest absolute Gasteiger partial charge is 0.506 e. The molecule has 0 aliphatic heterocycles. The number of hydrogen-bond donors (Lipinski definition) is 1. The maximum atomic E-state index is 12.2. The van der Waals surface area contributed by atoms with E-state index in [-0.39, 0.29) is 6.07 Å². The van der Waals surface area contributed by atoms with Crippen molar-refractivity contribution >= 4 is 0 Å². The summed E-state index contributed by atoms with van der Waals surface area (Å²) in [5, 5.41) is 17.2. The molecule has 0 saturated carbocycles. The minimum atomic E-state index is -5.00. The first-order valence-corrected chi connectivity index (χ1v) is 3.76. The zero-order valence-corrected chi connectivity index (χ0v) is 7.39. The first kappa shape index (κ1) is 12.2. The van der Waals surface area contributed by atoms with Gasteiger partial charge in [0, 0.05) is 0 Å². The molecule has 0 atom stereocenters. The summed E-state index contributed by atoms with van der Waals surface area (Å²) in [6.07, 6.45) is -8.19. The second kappa shape index (κ2) is 3.92. The molecule has 3 nitrogen and oxygen atoms in total. The highest BCUT2D eigenvalue weighted by molar-refractivity contribution is 5.41. The molecular formula is C8H3F5N2O. The van der Waals surface area contributed by atoms with Crippen molar-refractivity contribution in [2.24, 2.45) is 0 Å². The van der Waals surface area contributed by atoms with Crippen molar-refractivity contribution in [1.82, 2.24) is 4.98 Å². The van der Waals surface area contributed by atoms with Gasteiger partial charge in [0.25, 0.3) is 6.43 Å². The second-order valence-electron chi connectivity index (χ2n) is 2.70. The minimum absolute atomic E-state index is 0.193. The van der Waals surface area contributed by atoms with Gasteiger partial charge in [0.15, 0.2) is 5.69 Å². The van der Waals surface area contributed by atoms with Crippen molar-refractivity contribution in [3.8, 4) is 11.8 Å². The average Bonchev–Trinajstić information content (AvgIpc) is 2.15.